The maximum Gasteiger partial charge on any atom is 0.200 e. The zero-order valence-electron chi connectivity index (χ0n) is 14.0. The van der Waals surface area contributed by atoms with E-state index in [2.05, 4.69) is 0 Å². The Labute approximate surface area is 154 Å². The van der Waals surface area contributed by atoms with Gasteiger partial charge in [0, 0.05) is 17.4 Å². The molecule has 1 atom stereocenters. The van der Waals surface area contributed by atoms with Gasteiger partial charge in [0.15, 0.2) is 5.78 Å². The van der Waals surface area contributed by atoms with E-state index in [9.17, 15) is 14.8 Å². The van der Waals surface area contributed by atoms with Crippen molar-refractivity contribution in [3.63, 3.8) is 0 Å². The van der Waals surface area contributed by atoms with Crippen LogP contribution in [0.15, 0.2) is 47.3 Å². The van der Waals surface area contributed by atoms with Crippen LogP contribution in [0.3, 0.4) is 0 Å². The number of para-hydroxylation sites is 1. The molecule has 1 aliphatic carbocycles. The van der Waals surface area contributed by atoms with E-state index in [0.29, 0.717) is 28.4 Å². The third-order valence-corrected chi connectivity index (χ3v) is 5.17. The number of Topliss-reactive ketones (excluding diaryl/α,β-unsaturated/α-hetero) is 1. The number of aromatic nitrogens is 1. The van der Waals surface area contributed by atoms with Gasteiger partial charge in [0.1, 0.15) is 5.75 Å². The second kappa shape index (κ2) is 6.18. The van der Waals surface area contributed by atoms with Gasteiger partial charge in [-0.05, 0) is 36.2 Å². The molecule has 3 aromatic rings. The molecule has 1 aromatic heterocycles. The molecule has 6 heteroatoms. The maximum absolute atomic E-state index is 12.8. The molecule has 1 unspecified atom stereocenters. The molecule has 0 bridgehead atoms. The molecule has 2 aromatic carbocycles. The smallest absolute Gasteiger partial charge is 0.200 e. The third kappa shape index (κ3) is 2.47. The van der Waals surface area contributed by atoms with Crippen LogP contribution >= 0.6 is 11.6 Å². The molecule has 0 fully saturated rings. The second-order valence-electron chi connectivity index (χ2n) is 6.39. The zero-order chi connectivity index (χ0) is 18.4. The lowest BCUT2D eigenvalue weighted by molar-refractivity contribution is 0.0949. The molecule has 5 nitrogen and oxygen atoms in total. The number of ketones is 1. The molecule has 1 aliphatic rings. The van der Waals surface area contributed by atoms with E-state index in [1.54, 1.807) is 19.2 Å². The fourth-order valence-electron chi connectivity index (χ4n) is 3.72. The van der Waals surface area contributed by atoms with Crippen molar-refractivity contribution in [3.05, 3.63) is 74.5 Å². The number of hydrogen-bond donors (Lipinski definition) is 1. The predicted molar refractivity (Wildman–Crippen MR) is 98.8 cm³/mol. The van der Waals surface area contributed by atoms with Crippen molar-refractivity contribution in [2.75, 3.05) is 7.11 Å². The Morgan fingerprint density at radius 2 is 1.92 bits per heavy atom. The maximum atomic E-state index is 12.8. The van der Waals surface area contributed by atoms with Crippen LogP contribution in [0.4, 0.5) is 0 Å². The second-order valence-corrected chi connectivity index (χ2v) is 6.83. The monoisotopic (exact) mass is 369 g/mol. The SMILES string of the molecule is COc1ccccc1C1CC(=O)c2c(n(O)c3ccc(Cl)cc3c2=O)C1. The van der Waals surface area contributed by atoms with Gasteiger partial charge in [-0.3, -0.25) is 9.59 Å². The summed E-state index contributed by atoms with van der Waals surface area (Å²) >= 11 is 5.97. The molecule has 0 radical (unpaired) electrons. The molecule has 132 valence electrons. The minimum Gasteiger partial charge on any atom is -0.496 e. The standard InChI is InChI=1S/C20H16ClNO4/c1-26-18-5-3-2-4-13(18)11-8-16-19(17(23)9-11)20(24)14-10-12(21)6-7-15(14)22(16)25/h2-7,10-11,25H,8-9H2,1H3. The fourth-order valence-corrected chi connectivity index (χ4v) is 3.90. The number of halogens is 1. The number of fused-ring (bicyclic) bond motifs is 2. The van der Waals surface area contributed by atoms with Crippen LogP contribution in [-0.4, -0.2) is 22.8 Å². The lowest BCUT2D eigenvalue weighted by atomic mass is 9.80. The molecule has 1 heterocycles. The van der Waals surface area contributed by atoms with E-state index in [0.717, 1.165) is 10.3 Å². The van der Waals surface area contributed by atoms with Crippen LogP contribution in [0.5, 0.6) is 5.75 Å². The average Bonchev–Trinajstić information content (AvgIpc) is 2.65. The van der Waals surface area contributed by atoms with Gasteiger partial charge in [-0.1, -0.05) is 29.8 Å². The summed E-state index contributed by atoms with van der Waals surface area (Å²) in [4.78, 5) is 25.6. The van der Waals surface area contributed by atoms with E-state index < -0.39 is 0 Å². The molecular weight excluding hydrogens is 354 g/mol. The van der Waals surface area contributed by atoms with Crippen molar-refractivity contribution < 1.29 is 14.7 Å². The normalized spacial score (nSPS) is 16.5. The highest BCUT2D eigenvalue weighted by atomic mass is 35.5. The number of ether oxygens (including phenoxy) is 1. The van der Waals surface area contributed by atoms with Crippen molar-refractivity contribution in [1.29, 1.82) is 0 Å². The van der Waals surface area contributed by atoms with Gasteiger partial charge in [0.05, 0.1) is 29.3 Å². The van der Waals surface area contributed by atoms with E-state index in [1.807, 2.05) is 24.3 Å². The minimum atomic E-state index is -0.383. The van der Waals surface area contributed by atoms with Gasteiger partial charge in [0.25, 0.3) is 0 Å². The first-order chi connectivity index (χ1) is 12.5. The molecule has 0 aliphatic heterocycles. The number of hydrogen-bond acceptors (Lipinski definition) is 4. The van der Waals surface area contributed by atoms with E-state index in [1.165, 1.54) is 6.07 Å². The van der Waals surface area contributed by atoms with Gasteiger partial charge in [-0.2, -0.15) is 4.73 Å². The zero-order valence-corrected chi connectivity index (χ0v) is 14.8. The Hall–Kier alpha value is -2.79. The highest BCUT2D eigenvalue weighted by molar-refractivity contribution is 6.31. The third-order valence-electron chi connectivity index (χ3n) is 4.93. The summed E-state index contributed by atoms with van der Waals surface area (Å²) in [5.74, 6) is 0.235. The molecule has 26 heavy (non-hydrogen) atoms. The summed E-state index contributed by atoms with van der Waals surface area (Å²) in [5, 5.41) is 11.3. The summed E-state index contributed by atoms with van der Waals surface area (Å²) < 4.78 is 6.35. The number of methoxy groups -OCH3 is 1. The number of nitrogens with zero attached hydrogens (tertiary/aromatic N) is 1. The van der Waals surface area contributed by atoms with Crippen molar-refractivity contribution in [2.45, 2.75) is 18.8 Å². The van der Waals surface area contributed by atoms with Crippen molar-refractivity contribution in [2.24, 2.45) is 0 Å². The number of carbonyl (C=O) groups is 1. The van der Waals surface area contributed by atoms with Crippen LogP contribution < -0.4 is 10.2 Å². The minimum absolute atomic E-state index is 0.0495. The Morgan fingerprint density at radius 1 is 1.15 bits per heavy atom. The largest absolute Gasteiger partial charge is 0.496 e. The Morgan fingerprint density at radius 3 is 2.69 bits per heavy atom. The number of benzene rings is 2. The van der Waals surface area contributed by atoms with Crippen LogP contribution in [-0.2, 0) is 6.42 Å². The molecular formula is C20H16ClNO4. The molecule has 4 rings (SSSR count). The van der Waals surface area contributed by atoms with Gasteiger partial charge < -0.3 is 9.94 Å². The number of carbonyl (C=O) groups excluding carboxylic acids is 1. The first kappa shape index (κ1) is 16.7. The number of rotatable bonds is 2. The van der Waals surface area contributed by atoms with Gasteiger partial charge in [-0.15, -0.1) is 0 Å². The Kier molecular flexibility index (Phi) is 3.96. The van der Waals surface area contributed by atoms with Crippen LogP contribution in [0.2, 0.25) is 5.02 Å². The fraction of sp³-hybridized carbons (Fsp3) is 0.200. The topological polar surface area (TPSA) is 68.5 Å². The summed E-state index contributed by atoms with van der Waals surface area (Å²) in [7, 11) is 1.58. The number of pyridine rings is 1. The van der Waals surface area contributed by atoms with E-state index in [4.69, 9.17) is 16.3 Å². The first-order valence-electron chi connectivity index (χ1n) is 8.23. The quantitative estimate of drug-likeness (QED) is 0.697. The molecule has 0 saturated heterocycles. The van der Waals surface area contributed by atoms with Crippen LogP contribution in [0.1, 0.15) is 34.0 Å². The summed E-state index contributed by atoms with van der Waals surface area (Å²) in [5.41, 5.74) is 1.22. The lowest BCUT2D eigenvalue weighted by Crippen LogP contribution is -2.30. The van der Waals surface area contributed by atoms with Gasteiger partial charge >= 0.3 is 0 Å². The van der Waals surface area contributed by atoms with Crippen molar-refractivity contribution in [3.8, 4) is 5.75 Å². The Balaban J connectivity index is 1.92. The molecule has 0 saturated carbocycles. The van der Waals surface area contributed by atoms with E-state index in [-0.39, 0.29) is 34.5 Å². The first-order valence-corrected chi connectivity index (χ1v) is 8.61. The van der Waals surface area contributed by atoms with Crippen LogP contribution in [0.25, 0.3) is 10.9 Å². The predicted octanol–water partition coefficient (Wildman–Crippen LogP) is 3.81. The van der Waals surface area contributed by atoms with E-state index >= 15 is 0 Å². The average molecular weight is 370 g/mol. The summed E-state index contributed by atoms with van der Waals surface area (Å²) in [6, 6.07) is 12.1. The highest BCUT2D eigenvalue weighted by Gasteiger charge is 2.33. The van der Waals surface area contributed by atoms with Crippen molar-refractivity contribution in [1.82, 2.24) is 4.73 Å². The van der Waals surface area contributed by atoms with Gasteiger partial charge in [0.2, 0.25) is 5.43 Å². The summed E-state index contributed by atoms with van der Waals surface area (Å²) in [6.45, 7) is 0. The molecule has 0 spiro atoms. The lowest BCUT2D eigenvalue weighted by Gasteiger charge is -2.26. The van der Waals surface area contributed by atoms with Crippen LogP contribution in [0, 0.1) is 0 Å². The summed E-state index contributed by atoms with van der Waals surface area (Å²) in [6.07, 6.45) is 0.556. The van der Waals surface area contributed by atoms with Crippen molar-refractivity contribution >= 4 is 28.3 Å². The Bertz CT molecular complexity index is 1100. The highest BCUT2D eigenvalue weighted by Crippen LogP contribution is 2.36. The molecule has 0 amide bonds. The van der Waals surface area contributed by atoms with Gasteiger partial charge in [-0.25, -0.2) is 0 Å². The molecule has 1 N–H and O–H groups in total.